The molecule has 0 bridgehead atoms. The van der Waals surface area contributed by atoms with Gasteiger partial charge in [-0.1, -0.05) is 35.8 Å². The van der Waals surface area contributed by atoms with E-state index in [-0.39, 0.29) is 152 Å². The molecule has 0 heterocycles. The predicted molar refractivity (Wildman–Crippen MR) is 150 cm³/mol. The average Bonchev–Trinajstić information content (AvgIpc) is 2.94. The van der Waals surface area contributed by atoms with Gasteiger partial charge in [0.2, 0.25) is 0 Å². The topological polar surface area (TPSA) is 285 Å². The molecule has 0 aromatic heterocycles. The minimum Gasteiger partial charge on any atom is -0.872 e. The van der Waals surface area contributed by atoms with Crippen LogP contribution in [0, 0.1) is 13.8 Å². The Kier molecular flexibility index (Phi) is 18.9. The third-order valence-corrected chi connectivity index (χ3v) is 8.15. The monoisotopic (exact) mass is 758 g/mol. The molecule has 22 heteroatoms. The fourth-order valence-electron chi connectivity index (χ4n) is 4.12. The van der Waals surface area contributed by atoms with E-state index in [2.05, 4.69) is 20.5 Å². The number of carbonyl (C=O) groups is 2. The average molecular weight is 759 g/mol. The van der Waals surface area contributed by atoms with Crippen LogP contribution in [0.3, 0.4) is 0 Å². The molecule has 0 aliphatic heterocycles. The van der Waals surface area contributed by atoms with E-state index in [1.165, 1.54) is 26.0 Å². The fourth-order valence-corrected chi connectivity index (χ4v) is 5.57. The predicted octanol–water partition coefficient (Wildman–Crippen LogP) is -9.82. The van der Waals surface area contributed by atoms with Gasteiger partial charge >= 0.3 is 118 Å². The third-order valence-electron chi connectivity index (χ3n) is 6.36. The summed E-state index contributed by atoms with van der Waals surface area (Å²) in [6.07, 6.45) is 0. The Hall–Kier alpha value is -1.56. The number of azo groups is 2. The minimum absolute atomic E-state index is 0. The Morgan fingerprint density at radius 1 is 0.560 bits per heavy atom. The van der Waals surface area contributed by atoms with Crippen molar-refractivity contribution in [2.75, 3.05) is 0 Å². The van der Waals surface area contributed by atoms with Gasteiger partial charge in [-0.3, -0.25) is 9.11 Å². The molecule has 0 unspecified atom stereocenters. The van der Waals surface area contributed by atoms with Crippen molar-refractivity contribution < 1.29 is 174 Å². The second kappa shape index (κ2) is 19.5. The maximum atomic E-state index is 12.3. The molecule has 4 rings (SSSR count). The van der Waals surface area contributed by atoms with Crippen LogP contribution in [0.1, 0.15) is 31.8 Å². The first-order chi connectivity index (χ1) is 21.4. The number of carboxylic acid groups (broad SMARTS) is 2. The summed E-state index contributed by atoms with van der Waals surface area (Å²) in [6, 6.07) is 9.89. The summed E-state index contributed by atoms with van der Waals surface area (Å²) in [5.41, 5.74) is -2.24. The second-order valence-corrected chi connectivity index (χ2v) is 12.3. The van der Waals surface area contributed by atoms with Gasteiger partial charge in [0.1, 0.15) is 9.79 Å². The van der Waals surface area contributed by atoms with Gasteiger partial charge in [0.05, 0.1) is 34.7 Å². The van der Waals surface area contributed by atoms with Crippen molar-refractivity contribution in [1.82, 2.24) is 0 Å². The Morgan fingerprint density at radius 2 is 0.880 bits per heavy atom. The van der Waals surface area contributed by atoms with Crippen molar-refractivity contribution in [3.8, 4) is 22.6 Å². The number of aromatic carboxylic acids is 2. The van der Waals surface area contributed by atoms with Crippen LogP contribution in [0.5, 0.6) is 11.5 Å². The van der Waals surface area contributed by atoms with E-state index < -0.39 is 75.7 Å². The molecule has 0 aliphatic carbocycles. The van der Waals surface area contributed by atoms with Crippen molar-refractivity contribution in [1.29, 1.82) is 0 Å². The summed E-state index contributed by atoms with van der Waals surface area (Å²) in [4.78, 5) is 20.7. The maximum absolute atomic E-state index is 12.3. The summed E-state index contributed by atoms with van der Waals surface area (Å²) in [5.74, 6) is -5.15. The summed E-state index contributed by atoms with van der Waals surface area (Å²) >= 11 is 0. The van der Waals surface area contributed by atoms with E-state index in [9.17, 15) is 56.0 Å². The Balaban J connectivity index is 0.00000600. The van der Waals surface area contributed by atoms with E-state index in [1.54, 1.807) is 0 Å². The van der Waals surface area contributed by atoms with Gasteiger partial charge in [-0.05, 0) is 72.5 Å². The zero-order chi connectivity index (χ0) is 34.1. The van der Waals surface area contributed by atoms with Crippen molar-refractivity contribution >= 4 is 54.9 Å². The van der Waals surface area contributed by atoms with Gasteiger partial charge in [-0.2, -0.15) is 37.3 Å². The molecule has 0 radical (unpaired) electrons. The van der Waals surface area contributed by atoms with Crippen molar-refractivity contribution in [2.45, 2.75) is 23.6 Å². The summed E-state index contributed by atoms with van der Waals surface area (Å²) in [6.45, 7) is 2.88. The maximum Gasteiger partial charge on any atom is 1.00 e. The number of hydrogen-bond donors (Lipinski definition) is 2. The molecular formula is C28H18N4Na4O12S2. The SMILES string of the molecule is Cc1cc([O-])c(C(=O)[O-])cc1N=Nc1ccc(-c2ccc(N=Nc3cc(C(=O)[O-])c([O-])cc3C)cc2S(=O)(=O)O)c(S(=O)(=O)O)c1.[Na+].[Na+].[Na+].[Na+]. The molecule has 0 saturated carbocycles. The fraction of sp³-hybridized carbons (Fsp3) is 0.0714. The zero-order valence-corrected chi connectivity index (χ0v) is 37.0. The molecule has 4 aromatic carbocycles. The van der Waals surface area contributed by atoms with Crippen LogP contribution in [0.15, 0.2) is 90.9 Å². The molecule has 16 nitrogen and oxygen atoms in total. The second-order valence-electron chi connectivity index (χ2n) is 9.56. The zero-order valence-electron chi connectivity index (χ0n) is 27.4. The number of nitrogens with zero attached hydrogens (tertiary/aromatic N) is 4. The van der Waals surface area contributed by atoms with Gasteiger partial charge in [0, 0.05) is 11.1 Å². The van der Waals surface area contributed by atoms with Crippen molar-refractivity contribution in [2.24, 2.45) is 20.5 Å². The van der Waals surface area contributed by atoms with Gasteiger partial charge in [0.25, 0.3) is 20.2 Å². The molecule has 0 aliphatic rings. The molecule has 4 aromatic rings. The molecule has 0 fully saturated rings. The van der Waals surface area contributed by atoms with Crippen LogP contribution in [0.2, 0.25) is 0 Å². The number of aryl methyl sites for hydroxylation is 2. The Labute approximate surface area is 373 Å². The Bertz CT molecular complexity index is 2080. The first-order valence-corrected chi connectivity index (χ1v) is 15.4. The van der Waals surface area contributed by atoms with Crippen LogP contribution < -0.4 is 139 Å². The van der Waals surface area contributed by atoms with Crippen LogP contribution in [0.25, 0.3) is 11.1 Å². The summed E-state index contributed by atoms with van der Waals surface area (Å²) in [5, 5.41) is 61.3. The third kappa shape index (κ3) is 11.7. The first-order valence-electron chi connectivity index (χ1n) is 12.5. The molecule has 238 valence electrons. The van der Waals surface area contributed by atoms with Crippen molar-refractivity contribution in [3.05, 3.63) is 82.9 Å². The molecule has 50 heavy (non-hydrogen) atoms. The van der Waals surface area contributed by atoms with Gasteiger partial charge in [-0.15, -0.1) is 0 Å². The molecule has 0 amide bonds. The van der Waals surface area contributed by atoms with E-state index >= 15 is 0 Å². The first kappa shape index (κ1) is 48.4. The van der Waals surface area contributed by atoms with Crippen LogP contribution in [-0.4, -0.2) is 37.9 Å². The molecule has 0 atom stereocenters. The number of benzene rings is 4. The summed E-state index contributed by atoms with van der Waals surface area (Å²) in [7, 11) is -10.2. The normalized spacial score (nSPS) is 11.2. The van der Waals surface area contributed by atoms with Gasteiger partial charge in [-0.25, -0.2) is 0 Å². The van der Waals surface area contributed by atoms with Gasteiger partial charge in [0.15, 0.2) is 0 Å². The minimum atomic E-state index is -5.08. The molecular weight excluding hydrogens is 740 g/mol. The summed E-state index contributed by atoms with van der Waals surface area (Å²) < 4.78 is 69.3. The molecule has 2 N–H and O–H groups in total. The smallest absolute Gasteiger partial charge is 0.872 e. The molecule has 0 saturated heterocycles. The van der Waals surface area contributed by atoms with E-state index in [0.717, 1.165) is 48.5 Å². The quantitative estimate of drug-likeness (QED) is 0.0915. The number of rotatable bonds is 9. The number of hydrogen-bond acceptors (Lipinski definition) is 14. The van der Waals surface area contributed by atoms with E-state index in [4.69, 9.17) is 0 Å². The van der Waals surface area contributed by atoms with Crippen molar-refractivity contribution in [3.63, 3.8) is 0 Å². The molecule has 0 spiro atoms. The number of carboxylic acids is 2. The van der Waals surface area contributed by atoms with Crippen LogP contribution >= 0.6 is 0 Å². The van der Waals surface area contributed by atoms with Crippen LogP contribution in [-0.2, 0) is 20.2 Å². The van der Waals surface area contributed by atoms with E-state index in [0.29, 0.717) is 0 Å². The van der Waals surface area contributed by atoms with Crippen LogP contribution in [0.4, 0.5) is 22.7 Å². The van der Waals surface area contributed by atoms with Gasteiger partial charge < -0.3 is 30.0 Å². The largest absolute Gasteiger partial charge is 1.00 e. The standard InChI is InChI=1S/C28H22N4O12S2.4Na/c1-13-7-23(33)19(27(35)36)11-21(13)31-29-15-3-5-17(25(9-15)45(39,40)41)18-6-4-16(10-26(18)46(42,43)44)30-32-22-12-20(28(37)38)24(34)8-14(22)2;;;;/h3-12,33-34H,1-2H3,(H,35,36)(H,37,38)(H,39,40,41)(H,42,43,44);;;;/q;4*+1/p-4. The van der Waals surface area contributed by atoms with E-state index in [1.807, 2.05) is 0 Å². The number of carbonyl (C=O) groups excluding carboxylic acids is 2. The Morgan fingerprint density at radius 3 is 1.16 bits per heavy atom.